The molecule has 100 valence electrons. The van der Waals surface area contributed by atoms with E-state index in [4.69, 9.17) is 0 Å². The standard InChI is InChI=1S/C15H23NOS/c1-11-4-5-12-6-7-14(13(12)8-11)16-9-15(2,17)10-18-3/h4-5,8,14,16-17H,6-7,9-10H2,1-3H3. The molecule has 0 radical (unpaired) electrons. The highest BCUT2D eigenvalue weighted by Gasteiger charge is 2.26. The number of nitrogens with one attached hydrogen (secondary N) is 1. The highest BCUT2D eigenvalue weighted by molar-refractivity contribution is 7.98. The molecule has 1 aliphatic rings. The minimum atomic E-state index is -0.619. The van der Waals surface area contributed by atoms with E-state index in [1.54, 1.807) is 11.8 Å². The van der Waals surface area contributed by atoms with Gasteiger partial charge in [0.2, 0.25) is 0 Å². The summed E-state index contributed by atoms with van der Waals surface area (Å²) in [6.45, 7) is 4.70. The smallest absolute Gasteiger partial charge is 0.0833 e. The Morgan fingerprint density at radius 2 is 2.28 bits per heavy atom. The van der Waals surface area contributed by atoms with Gasteiger partial charge in [0, 0.05) is 18.3 Å². The van der Waals surface area contributed by atoms with E-state index in [9.17, 15) is 5.11 Å². The summed E-state index contributed by atoms with van der Waals surface area (Å²) in [4.78, 5) is 0. The van der Waals surface area contributed by atoms with E-state index in [0.717, 1.165) is 18.6 Å². The van der Waals surface area contributed by atoms with E-state index < -0.39 is 5.60 Å². The molecule has 0 aromatic heterocycles. The molecule has 0 amide bonds. The summed E-state index contributed by atoms with van der Waals surface area (Å²) in [5, 5.41) is 13.7. The molecule has 0 aliphatic heterocycles. The number of thioether (sulfide) groups is 1. The Bertz CT molecular complexity index is 417. The van der Waals surface area contributed by atoms with Crippen LogP contribution in [-0.2, 0) is 6.42 Å². The fourth-order valence-corrected chi connectivity index (χ4v) is 3.36. The molecule has 1 aromatic carbocycles. The number of fused-ring (bicyclic) bond motifs is 1. The highest BCUT2D eigenvalue weighted by Crippen LogP contribution is 2.32. The van der Waals surface area contributed by atoms with Crippen LogP contribution in [0.5, 0.6) is 0 Å². The van der Waals surface area contributed by atoms with Gasteiger partial charge in [0.15, 0.2) is 0 Å². The van der Waals surface area contributed by atoms with Gasteiger partial charge in [-0.25, -0.2) is 0 Å². The molecule has 3 heteroatoms. The number of aliphatic hydroxyl groups is 1. The van der Waals surface area contributed by atoms with Gasteiger partial charge in [0.25, 0.3) is 0 Å². The van der Waals surface area contributed by atoms with E-state index in [0.29, 0.717) is 12.6 Å². The number of benzene rings is 1. The van der Waals surface area contributed by atoms with E-state index in [2.05, 4.69) is 30.4 Å². The zero-order valence-electron chi connectivity index (χ0n) is 11.5. The number of hydrogen-bond donors (Lipinski definition) is 2. The quantitative estimate of drug-likeness (QED) is 0.858. The van der Waals surface area contributed by atoms with Crippen molar-refractivity contribution >= 4 is 11.8 Å². The van der Waals surface area contributed by atoms with E-state index >= 15 is 0 Å². The molecular formula is C15H23NOS. The van der Waals surface area contributed by atoms with Crippen LogP contribution in [0, 0.1) is 6.92 Å². The van der Waals surface area contributed by atoms with Gasteiger partial charge in [-0.3, -0.25) is 0 Å². The van der Waals surface area contributed by atoms with Crippen molar-refractivity contribution < 1.29 is 5.11 Å². The lowest BCUT2D eigenvalue weighted by atomic mass is 10.0. The summed E-state index contributed by atoms with van der Waals surface area (Å²) in [5.74, 6) is 0.771. The predicted molar refractivity (Wildman–Crippen MR) is 79.2 cm³/mol. The number of rotatable bonds is 5. The third kappa shape index (κ3) is 3.28. The lowest BCUT2D eigenvalue weighted by molar-refractivity contribution is 0.0814. The van der Waals surface area contributed by atoms with Crippen LogP contribution < -0.4 is 5.32 Å². The Hall–Kier alpha value is -0.510. The summed E-state index contributed by atoms with van der Waals surface area (Å²) in [6, 6.07) is 7.12. The van der Waals surface area contributed by atoms with Crippen LogP contribution in [-0.4, -0.2) is 29.3 Å². The van der Waals surface area contributed by atoms with Gasteiger partial charge in [-0.1, -0.05) is 23.8 Å². The van der Waals surface area contributed by atoms with Crippen LogP contribution in [0.25, 0.3) is 0 Å². The molecule has 2 unspecified atom stereocenters. The first kappa shape index (κ1) is 13.9. The first-order chi connectivity index (χ1) is 8.52. The Kier molecular flexibility index (Phi) is 4.36. The normalized spacial score (nSPS) is 21.7. The van der Waals surface area contributed by atoms with E-state index in [-0.39, 0.29) is 0 Å². The van der Waals surface area contributed by atoms with Crippen molar-refractivity contribution in [2.75, 3.05) is 18.6 Å². The maximum atomic E-state index is 10.2. The molecule has 2 nitrogen and oxygen atoms in total. The van der Waals surface area contributed by atoms with Crippen molar-refractivity contribution in [3.63, 3.8) is 0 Å². The Balaban J connectivity index is 1.99. The SMILES string of the molecule is CSCC(C)(O)CNC1CCc2ccc(C)cc21. The van der Waals surface area contributed by atoms with Crippen LogP contribution >= 0.6 is 11.8 Å². The average Bonchev–Trinajstić information content (AvgIpc) is 2.69. The molecular weight excluding hydrogens is 242 g/mol. The molecule has 0 saturated carbocycles. The lowest BCUT2D eigenvalue weighted by Crippen LogP contribution is -2.41. The average molecular weight is 265 g/mol. The van der Waals surface area contributed by atoms with Crippen LogP contribution in [0.3, 0.4) is 0 Å². The maximum Gasteiger partial charge on any atom is 0.0833 e. The zero-order valence-corrected chi connectivity index (χ0v) is 12.3. The monoisotopic (exact) mass is 265 g/mol. The van der Waals surface area contributed by atoms with Gasteiger partial charge in [-0.15, -0.1) is 0 Å². The topological polar surface area (TPSA) is 32.3 Å². The first-order valence-electron chi connectivity index (χ1n) is 6.56. The zero-order chi connectivity index (χ0) is 13.2. The van der Waals surface area contributed by atoms with Crippen molar-refractivity contribution in [1.29, 1.82) is 0 Å². The fourth-order valence-electron chi connectivity index (χ4n) is 2.64. The molecule has 0 fully saturated rings. The molecule has 2 rings (SSSR count). The molecule has 18 heavy (non-hydrogen) atoms. The van der Waals surface area contributed by atoms with Crippen molar-refractivity contribution in [2.24, 2.45) is 0 Å². The summed E-state index contributed by atoms with van der Waals surface area (Å²) in [6.07, 6.45) is 4.33. The molecule has 0 bridgehead atoms. The maximum absolute atomic E-state index is 10.2. The second-order valence-electron chi connectivity index (χ2n) is 5.60. The predicted octanol–water partition coefficient (Wildman–Crippen LogP) is 2.69. The molecule has 1 aliphatic carbocycles. The van der Waals surface area contributed by atoms with Crippen LogP contribution in [0.15, 0.2) is 18.2 Å². The Morgan fingerprint density at radius 3 is 3.00 bits per heavy atom. The van der Waals surface area contributed by atoms with Gasteiger partial charge in [0.1, 0.15) is 0 Å². The molecule has 0 heterocycles. The number of aryl methyl sites for hydroxylation is 2. The van der Waals surface area contributed by atoms with Gasteiger partial charge < -0.3 is 10.4 Å². The molecule has 2 atom stereocenters. The molecule has 0 spiro atoms. The second kappa shape index (κ2) is 5.64. The minimum absolute atomic E-state index is 0.410. The molecule has 2 N–H and O–H groups in total. The van der Waals surface area contributed by atoms with Crippen molar-refractivity contribution in [1.82, 2.24) is 5.32 Å². The molecule has 0 saturated heterocycles. The van der Waals surface area contributed by atoms with Crippen molar-refractivity contribution in [2.45, 2.75) is 38.3 Å². The van der Waals surface area contributed by atoms with Crippen molar-refractivity contribution in [3.8, 4) is 0 Å². The fraction of sp³-hybridized carbons (Fsp3) is 0.600. The molecule has 1 aromatic rings. The van der Waals surface area contributed by atoms with Gasteiger partial charge in [-0.05, 0) is 44.1 Å². The first-order valence-corrected chi connectivity index (χ1v) is 7.95. The second-order valence-corrected chi connectivity index (χ2v) is 6.47. The third-order valence-corrected chi connectivity index (χ3v) is 4.47. The summed E-state index contributed by atoms with van der Waals surface area (Å²) in [7, 11) is 0. The largest absolute Gasteiger partial charge is 0.388 e. The van der Waals surface area contributed by atoms with E-state index in [1.807, 2.05) is 13.2 Å². The summed E-state index contributed by atoms with van der Waals surface area (Å²) >= 11 is 1.69. The van der Waals surface area contributed by atoms with E-state index in [1.165, 1.54) is 16.7 Å². The van der Waals surface area contributed by atoms with Crippen LogP contribution in [0.2, 0.25) is 0 Å². The lowest BCUT2D eigenvalue weighted by Gasteiger charge is -2.25. The third-order valence-electron chi connectivity index (χ3n) is 3.56. The van der Waals surface area contributed by atoms with Gasteiger partial charge >= 0.3 is 0 Å². The highest BCUT2D eigenvalue weighted by atomic mass is 32.2. The summed E-state index contributed by atoms with van der Waals surface area (Å²) in [5.41, 5.74) is 3.59. The summed E-state index contributed by atoms with van der Waals surface area (Å²) < 4.78 is 0. The van der Waals surface area contributed by atoms with Gasteiger partial charge in [0.05, 0.1) is 5.60 Å². The number of hydrogen-bond acceptors (Lipinski definition) is 3. The van der Waals surface area contributed by atoms with Gasteiger partial charge in [-0.2, -0.15) is 11.8 Å². The van der Waals surface area contributed by atoms with Crippen LogP contribution in [0.4, 0.5) is 0 Å². The van der Waals surface area contributed by atoms with Crippen LogP contribution in [0.1, 0.15) is 36.1 Å². The Labute approximate surface area is 114 Å². The van der Waals surface area contributed by atoms with Crippen molar-refractivity contribution in [3.05, 3.63) is 34.9 Å². The Morgan fingerprint density at radius 1 is 1.50 bits per heavy atom. The minimum Gasteiger partial charge on any atom is -0.388 e.